The third-order valence-corrected chi connectivity index (χ3v) is 4.49. The van der Waals surface area contributed by atoms with Gasteiger partial charge in [-0.15, -0.1) is 13.2 Å². The number of alkyl halides is 3. The number of rotatable bonds is 6. The lowest BCUT2D eigenvalue weighted by atomic mass is 10.2. The van der Waals surface area contributed by atoms with Gasteiger partial charge in [0.25, 0.3) is 0 Å². The van der Waals surface area contributed by atoms with Crippen molar-refractivity contribution in [3.63, 3.8) is 0 Å². The maximum absolute atomic E-state index is 12.2. The van der Waals surface area contributed by atoms with Crippen molar-refractivity contribution in [2.24, 2.45) is 0 Å². The lowest BCUT2D eigenvalue weighted by Crippen LogP contribution is -2.18. The zero-order chi connectivity index (χ0) is 17.1. The quantitative estimate of drug-likeness (QED) is 0.805. The van der Waals surface area contributed by atoms with Crippen LogP contribution in [-0.4, -0.2) is 30.3 Å². The molecule has 23 heavy (non-hydrogen) atoms. The van der Waals surface area contributed by atoms with Crippen molar-refractivity contribution in [1.29, 1.82) is 0 Å². The van der Waals surface area contributed by atoms with Crippen LogP contribution < -0.4 is 4.74 Å². The molecule has 0 unspecified atom stereocenters. The molecule has 0 bridgehead atoms. The molecule has 0 fully saturated rings. The molecule has 0 saturated heterocycles. The van der Waals surface area contributed by atoms with Crippen LogP contribution in [-0.2, 0) is 22.1 Å². The van der Waals surface area contributed by atoms with E-state index in [9.17, 15) is 21.6 Å². The topological polar surface area (TPSA) is 61.2 Å². The van der Waals surface area contributed by atoms with Crippen LogP contribution in [0.25, 0.3) is 0 Å². The first-order chi connectivity index (χ1) is 10.6. The van der Waals surface area contributed by atoms with Gasteiger partial charge in [-0.1, -0.05) is 12.1 Å². The summed E-state index contributed by atoms with van der Waals surface area (Å²) in [5, 5.41) is 3.99. The van der Waals surface area contributed by atoms with E-state index < -0.39 is 21.9 Å². The van der Waals surface area contributed by atoms with Crippen LogP contribution in [0.5, 0.6) is 5.75 Å². The highest BCUT2D eigenvalue weighted by atomic mass is 32.2. The van der Waals surface area contributed by atoms with Gasteiger partial charge in [0.1, 0.15) is 5.75 Å². The molecule has 1 aromatic heterocycles. The Bertz CT molecular complexity index is 770. The summed E-state index contributed by atoms with van der Waals surface area (Å²) >= 11 is 0. The number of hydrogen-bond acceptors (Lipinski definition) is 4. The largest absolute Gasteiger partial charge is 0.573 e. The zero-order valence-corrected chi connectivity index (χ0v) is 13.1. The highest BCUT2D eigenvalue weighted by molar-refractivity contribution is 7.90. The normalized spacial score (nSPS) is 12.3. The van der Waals surface area contributed by atoms with Gasteiger partial charge in [-0.05, 0) is 30.2 Å². The summed E-state index contributed by atoms with van der Waals surface area (Å²) in [6.45, 7) is 2.03. The van der Waals surface area contributed by atoms with E-state index >= 15 is 0 Å². The first kappa shape index (κ1) is 17.3. The molecular formula is C14H15F3N2O3S. The van der Waals surface area contributed by atoms with Crippen LogP contribution in [0.15, 0.2) is 36.7 Å². The Morgan fingerprint density at radius 2 is 2.04 bits per heavy atom. The van der Waals surface area contributed by atoms with E-state index in [1.165, 1.54) is 16.8 Å². The minimum atomic E-state index is -4.81. The van der Waals surface area contributed by atoms with Gasteiger partial charge in [0.05, 0.1) is 24.2 Å². The van der Waals surface area contributed by atoms with Crippen molar-refractivity contribution in [3.8, 4) is 5.75 Å². The van der Waals surface area contributed by atoms with Crippen molar-refractivity contribution in [1.82, 2.24) is 9.78 Å². The van der Waals surface area contributed by atoms with Gasteiger partial charge in [0, 0.05) is 6.20 Å². The number of aromatic nitrogens is 2. The molecular weight excluding hydrogens is 333 g/mol. The van der Waals surface area contributed by atoms with Crippen molar-refractivity contribution in [3.05, 3.63) is 47.8 Å². The lowest BCUT2D eigenvalue weighted by molar-refractivity contribution is -0.274. The summed E-state index contributed by atoms with van der Waals surface area (Å²) < 4.78 is 65.9. The summed E-state index contributed by atoms with van der Waals surface area (Å²) in [6, 6.07) is 4.96. The second kappa shape index (κ2) is 6.61. The molecule has 0 aliphatic heterocycles. The molecule has 2 rings (SSSR count). The van der Waals surface area contributed by atoms with Crippen LogP contribution in [0, 0.1) is 6.92 Å². The molecule has 0 radical (unpaired) electrons. The summed E-state index contributed by atoms with van der Waals surface area (Å²) in [5.74, 6) is -0.950. The van der Waals surface area contributed by atoms with Gasteiger partial charge in [0.2, 0.25) is 0 Å². The first-order valence-electron chi connectivity index (χ1n) is 6.67. The molecule has 0 N–H and O–H groups in total. The predicted octanol–water partition coefficient (Wildman–Crippen LogP) is 2.71. The van der Waals surface area contributed by atoms with Crippen molar-refractivity contribution < 1.29 is 26.3 Å². The molecule has 0 spiro atoms. The Hall–Kier alpha value is -2.03. The van der Waals surface area contributed by atoms with Gasteiger partial charge < -0.3 is 4.74 Å². The average molecular weight is 348 g/mol. The van der Waals surface area contributed by atoms with E-state index in [1.54, 1.807) is 12.4 Å². The van der Waals surface area contributed by atoms with Crippen molar-refractivity contribution in [2.45, 2.75) is 25.6 Å². The maximum Gasteiger partial charge on any atom is 0.573 e. The fraction of sp³-hybridized carbons (Fsp3) is 0.357. The highest BCUT2D eigenvalue weighted by Gasteiger charge is 2.31. The van der Waals surface area contributed by atoms with E-state index in [0.717, 1.165) is 17.7 Å². The number of aryl methyl sites for hydroxylation is 2. The van der Waals surface area contributed by atoms with Crippen molar-refractivity contribution in [2.75, 3.05) is 5.75 Å². The van der Waals surface area contributed by atoms with Gasteiger partial charge >= 0.3 is 6.36 Å². The Balaban J connectivity index is 2.01. The van der Waals surface area contributed by atoms with Crippen LogP contribution in [0.4, 0.5) is 13.2 Å². The molecule has 0 saturated carbocycles. The molecule has 2 aromatic rings. The van der Waals surface area contributed by atoms with E-state index in [1.807, 2.05) is 6.92 Å². The van der Waals surface area contributed by atoms with Crippen LogP contribution >= 0.6 is 0 Å². The Labute approximate surface area is 131 Å². The number of benzene rings is 1. The second-order valence-electron chi connectivity index (χ2n) is 5.07. The molecule has 0 atom stereocenters. The van der Waals surface area contributed by atoms with E-state index in [0.29, 0.717) is 0 Å². The molecule has 126 valence electrons. The van der Waals surface area contributed by atoms with E-state index in [-0.39, 0.29) is 23.6 Å². The number of halogens is 3. The summed E-state index contributed by atoms with van der Waals surface area (Å²) in [7, 11) is -3.48. The van der Waals surface area contributed by atoms with Crippen LogP contribution in [0.3, 0.4) is 0 Å². The van der Waals surface area contributed by atoms with Gasteiger partial charge in [-0.2, -0.15) is 5.10 Å². The predicted molar refractivity (Wildman–Crippen MR) is 77.6 cm³/mol. The Kier molecular flexibility index (Phi) is 4.98. The molecule has 5 nitrogen and oxygen atoms in total. The van der Waals surface area contributed by atoms with E-state index in [4.69, 9.17) is 0 Å². The van der Waals surface area contributed by atoms with E-state index in [2.05, 4.69) is 9.84 Å². The summed E-state index contributed by atoms with van der Waals surface area (Å²) in [4.78, 5) is 0. The fourth-order valence-corrected chi connectivity index (χ4v) is 3.28. The maximum atomic E-state index is 12.2. The molecule has 0 aliphatic carbocycles. The first-order valence-corrected chi connectivity index (χ1v) is 8.49. The molecule has 0 aliphatic rings. The third kappa shape index (κ3) is 5.93. The number of sulfone groups is 1. The van der Waals surface area contributed by atoms with Crippen molar-refractivity contribution >= 4 is 9.84 Å². The van der Waals surface area contributed by atoms with Crippen LogP contribution in [0.1, 0.15) is 11.1 Å². The number of ether oxygens (including phenoxy) is 1. The zero-order valence-electron chi connectivity index (χ0n) is 12.2. The SMILES string of the molecule is Cc1cnn(CCS(=O)(=O)Cc2cccc(OC(F)(F)F)c2)c1. The Morgan fingerprint density at radius 1 is 1.30 bits per heavy atom. The highest BCUT2D eigenvalue weighted by Crippen LogP contribution is 2.24. The fourth-order valence-electron chi connectivity index (χ4n) is 1.98. The molecule has 0 amide bonds. The standard InChI is InChI=1S/C14H15F3N2O3S/c1-11-8-18-19(9-11)5-6-23(20,21)10-12-3-2-4-13(7-12)22-14(15,16)17/h2-4,7-9H,5-6,10H2,1H3. The second-order valence-corrected chi connectivity index (χ2v) is 7.25. The van der Waals surface area contributed by atoms with Gasteiger partial charge in [-0.3, -0.25) is 4.68 Å². The average Bonchev–Trinajstić information content (AvgIpc) is 2.80. The number of nitrogens with zero attached hydrogens (tertiary/aromatic N) is 2. The Morgan fingerprint density at radius 3 is 2.65 bits per heavy atom. The lowest BCUT2D eigenvalue weighted by Gasteiger charge is -2.10. The van der Waals surface area contributed by atoms with Gasteiger partial charge in [0.15, 0.2) is 9.84 Å². The van der Waals surface area contributed by atoms with Gasteiger partial charge in [-0.25, -0.2) is 8.42 Å². The monoisotopic (exact) mass is 348 g/mol. The summed E-state index contributed by atoms with van der Waals surface area (Å²) in [6.07, 6.45) is -1.48. The molecule has 9 heteroatoms. The van der Waals surface area contributed by atoms with Crippen LogP contribution in [0.2, 0.25) is 0 Å². The minimum absolute atomic E-state index is 0.154. The number of hydrogen-bond donors (Lipinski definition) is 0. The minimum Gasteiger partial charge on any atom is -0.406 e. The molecule has 1 heterocycles. The third-order valence-electron chi connectivity index (χ3n) is 2.91. The molecule has 1 aromatic carbocycles. The summed E-state index contributed by atoms with van der Waals surface area (Å²) in [5.41, 5.74) is 1.16. The smallest absolute Gasteiger partial charge is 0.406 e.